The molecule has 0 N–H and O–H groups in total. The minimum Gasteiger partial charge on any atom is -0.494 e. The van der Waals surface area contributed by atoms with Crippen molar-refractivity contribution in [3.05, 3.63) is 48.2 Å². The van der Waals surface area contributed by atoms with Gasteiger partial charge in [0.2, 0.25) is 0 Å². The smallest absolute Gasteiger partial charge is 0.306 e. The number of esters is 1. The Morgan fingerprint density at radius 2 is 1.46 bits per heavy atom. The van der Waals surface area contributed by atoms with Gasteiger partial charge in [-0.2, -0.15) is 0 Å². The molecular formula is C33H51NO3. The molecule has 0 aliphatic rings. The lowest BCUT2D eigenvalue weighted by Crippen LogP contribution is -2.14. The molecule has 1 aromatic carbocycles. The second-order valence-electron chi connectivity index (χ2n) is 10.4. The number of pyridine rings is 1. The lowest BCUT2D eigenvalue weighted by atomic mass is 10.1. The van der Waals surface area contributed by atoms with Crippen molar-refractivity contribution < 1.29 is 14.3 Å². The molecule has 206 valence electrons. The topological polar surface area (TPSA) is 48.4 Å². The quantitative estimate of drug-likeness (QED) is 0.124. The van der Waals surface area contributed by atoms with Gasteiger partial charge in [0.25, 0.3) is 0 Å². The zero-order valence-electron chi connectivity index (χ0n) is 23.8. The molecule has 2 aromatic rings. The highest BCUT2D eigenvalue weighted by Gasteiger charge is 2.09. The summed E-state index contributed by atoms with van der Waals surface area (Å²) in [5.74, 6) is 0.865. The lowest BCUT2D eigenvalue weighted by molar-refractivity contribution is -0.148. The maximum absolute atomic E-state index is 11.8. The van der Waals surface area contributed by atoms with Gasteiger partial charge in [0.15, 0.2) is 0 Å². The number of carbonyl (C=O) groups excluding carboxylic acids is 1. The van der Waals surface area contributed by atoms with Crippen LogP contribution in [0.15, 0.2) is 42.6 Å². The summed E-state index contributed by atoms with van der Waals surface area (Å²) in [6, 6.07) is 12.6. The van der Waals surface area contributed by atoms with Crippen molar-refractivity contribution in [2.45, 2.75) is 130 Å². The standard InChI is InChI=1S/C33H51NO3/c1-4-6-8-9-10-15-18-29-20-25-32(34-27-29)30-21-23-31(24-22-30)36-26-16-12-11-14-17-28(3)37-33(35)19-13-7-5-2/h20-25,27-28H,4-19,26H2,1-3H3. The van der Waals surface area contributed by atoms with E-state index in [1.165, 1.54) is 44.1 Å². The molecule has 0 amide bonds. The molecule has 0 aliphatic carbocycles. The fourth-order valence-electron chi connectivity index (χ4n) is 4.51. The molecule has 0 aliphatic heterocycles. The Morgan fingerprint density at radius 1 is 0.784 bits per heavy atom. The van der Waals surface area contributed by atoms with Crippen molar-refractivity contribution in [3.63, 3.8) is 0 Å². The number of benzene rings is 1. The van der Waals surface area contributed by atoms with Crippen LogP contribution in [0, 0.1) is 0 Å². The lowest BCUT2D eigenvalue weighted by Gasteiger charge is -2.13. The van der Waals surface area contributed by atoms with Crippen molar-refractivity contribution in [2.75, 3.05) is 6.61 Å². The molecule has 0 fully saturated rings. The van der Waals surface area contributed by atoms with Crippen LogP contribution >= 0.6 is 0 Å². The highest BCUT2D eigenvalue weighted by atomic mass is 16.5. The molecule has 0 saturated heterocycles. The van der Waals surface area contributed by atoms with Crippen molar-refractivity contribution in [1.82, 2.24) is 4.98 Å². The Kier molecular flexibility index (Phi) is 16.4. The van der Waals surface area contributed by atoms with E-state index < -0.39 is 0 Å². The summed E-state index contributed by atoms with van der Waals surface area (Å²) >= 11 is 0. The van der Waals surface area contributed by atoms with Gasteiger partial charge in [-0.15, -0.1) is 0 Å². The highest BCUT2D eigenvalue weighted by molar-refractivity contribution is 5.69. The molecule has 1 atom stereocenters. The van der Waals surface area contributed by atoms with Crippen LogP contribution in [-0.4, -0.2) is 23.7 Å². The predicted octanol–water partition coefficient (Wildman–Crippen LogP) is 9.49. The molecular weight excluding hydrogens is 458 g/mol. The number of carbonyl (C=O) groups is 1. The average Bonchev–Trinajstić information content (AvgIpc) is 2.91. The molecule has 37 heavy (non-hydrogen) atoms. The summed E-state index contributed by atoms with van der Waals surface area (Å²) < 4.78 is 11.4. The summed E-state index contributed by atoms with van der Waals surface area (Å²) in [5, 5.41) is 0. The molecule has 0 bridgehead atoms. The maximum Gasteiger partial charge on any atom is 0.306 e. The zero-order chi connectivity index (χ0) is 26.6. The highest BCUT2D eigenvalue weighted by Crippen LogP contribution is 2.22. The zero-order valence-corrected chi connectivity index (χ0v) is 23.8. The molecule has 2 rings (SSSR count). The normalized spacial score (nSPS) is 11.9. The molecule has 1 aromatic heterocycles. The average molecular weight is 510 g/mol. The first-order valence-electron chi connectivity index (χ1n) is 15.0. The van der Waals surface area contributed by atoms with E-state index in [9.17, 15) is 4.79 Å². The fourth-order valence-corrected chi connectivity index (χ4v) is 4.51. The number of aromatic nitrogens is 1. The van der Waals surface area contributed by atoms with Gasteiger partial charge < -0.3 is 9.47 Å². The largest absolute Gasteiger partial charge is 0.494 e. The second-order valence-corrected chi connectivity index (χ2v) is 10.4. The van der Waals surface area contributed by atoms with E-state index in [4.69, 9.17) is 9.47 Å². The van der Waals surface area contributed by atoms with Gasteiger partial charge in [0, 0.05) is 18.2 Å². The Balaban J connectivity index is 1.56. The first-order chi connectivity index (χ1) is 18.1. The molecule has 4 nitrogen and oxygen atoms in total. The Bertz CT molecular complexity index is 832. The van der Waals surface area contributed by atoms with Crippen molar-refractivity contribution >= 4 is 5.97 Å². The minimum absolute atomic E-state index is 0.0231. The van der Waals surface area contributed by atoms with Crippen LogP contribution in [0.1, 0.15) is 123 Å². The summed E-state index contributed by atoms with van der Waals surface area (Å²) in [6.45, 7) is 7.14. The third kappa shape index (κ3) is 14.2. The predicted molar refractivity (Wildman–Crippen MR) is 155 cm³/mol. The summed E-state index contributed by atoms with van der Waals surface area (Å²) in [7, 11) is 0. The van der Waals surface area contributed by atoms with Gasteiger partial charge in [0.05, 0.1) is 18.4 Å². The van der Waals surface area contributed by atoms with E-state index >= 15 is 0 Å². The third-order valence-corrected chi connectivity index (χ3v) is 6.88. The minimum atomic E-state index is -0.0448. The van der Waals surface area contributed by atoms with Crippen LogP contribution in [0.3, 0.4) is 0 Å². The number of nitrogens with zero attached hydrogens (tertiary/aromatic N) is 1. The van der Waals surface area contributed by atoms with Gasteiger partial charge in [0.1, 0.15) is 5.75 Å². The van der Waals surface area contributed by atoms with Crippen LogP contribution in [0.25, 0.3) is 11.3 Å². The second kappa shape index (κ2) is 19.7. The number of rotatable bonds is 21. The van der Waals surface area contributed by atoms with Gasteiger partial charge >= 0.3 is 5.97 Å². The van der Waals surface area contributed by atoms with Gasteiger partial charge in [-0.05, 0) is 81.3 Å². The SMILES string of the molecule is CCCCCCCCc1ccc(-c2ccc(OCCCCCCC(C)OC(=O)CCCCC)cc2)nc1. The Morgan fingerprint density at radius 3 is 2.19 bits per heavy atom. The number of unbranched alkanes of at least 4 members (excludes halogenated alkanes) is 10. The van der Waals surface area contributed by atoms with Gasteiger partial charge in [-0.1, -0.05) is 77.7 Å². The molecule has 4 heteroatoms. The van der Waals surface area contributed by atoms with Crippen LogP contribution < -0.4 is 4.74 Å². The number of aryl methyl sites for hydroxylation is 1. The molecule has 1 unspecified atom stereocenters. The van der Waals surface area contributed by atoms with E-state index in [1.807, 2.05) is 25.3 Å². The Labute approximate surface area is 226 Å². The summed E-state index contributed by atoms with van der Waals surface area (Å²) in [6.07, 6.45) is 20.2. The maximum atomic E-state index is 11.8. The first-order valence-corrected chi connectivity index (χ1v) is 15.0. The van der Waals surface area contributed by atoms with Crippen molar-refractivity contribution in [3.8, 4) is 17.0 Å². The number of hydrogen-bond acceptors (Lipinski definition) is 4. The molecule has 0 spiro atoms. The van der Waals surface area contributed by atoms with E-state index in [0.29, 0.717) is 6.42 Å². The molecule has 0 saturated carbocycles. The fraction of sp³-hybridized carbons (Fsp3) is 0.636. The van der Waals surface area contributed by atoms with Crippen LogP contribution in [0.4, 0.5) is 0 Å². The third-order valence-electron chi connectivity index (χ3n) is 6.88. The first kappa shape index (κ1) is 30.9. The molecule has 1 heterocycles. The van der Waals surface area contributed by atoms with Gasteiger partial charge in [-0.3, -0.25) is 9.78 Å². The summed E-state index contributed by atoms with van der Waals surface area (Å²) in [4.78, 5) is 16.5. The van der Waals surface area contributed by atoms with E-state index in [0.717, 1.165) is 81.4 Å². The van der Waals surface area contributed by atoms with Crippen molar-refractivity contribution in [1.29, 1.82) is 0 Å². The van der Waals surface area contributed by atoms with Crippen LogP contribution in [-0.2, 0) is 16.0 Å². The van der Waals surface area contributed by atoms with E-state index in [1.54, 1.807) is 0 Å². The van der Waals surface area contributed by atoms with E-state index in [-0.39, 0.29) is 12.1 Å². The van der Waals surface area contributed by atoms with E-state index in [2.05, 4.69) is 43.1 Å². The van der Waals surface area contributed by atoms with Crippen molar-refractivity contribution in [2.24, 2.45) is 0 Å². The van der Waals surface area contributed by atoms with Crippen LogP contribution in [0.5, 0.6) is 5.75 Å². The molecule has 0 radical (unpaired) electrons. The monoisotopic (exact) mass is 509 g/mol. The Hall–Kier alpha value is -2.36. The summed E-state index contributed by atoms with van der Waals surface area (Å²) in [5.41, 5.74) is 3.47. The number of ether oxygens (including phenoxy) is 2. The number of hydrogen-bond donors (Lipinski definition) is 0. The van der Waals surface area contributed by atoms with Gasteiger partial charge in [-0.25, -0.2) is 0 Å². The van der Waals surface area contributed by atoms with Crippen LogP contribution in [0.2, 0.25) is 0 Å².